The highest BCUT2D eigenvalue weighted by Gasteiger charge is 2.42. The number of carbonyl (C=O) groups is 3. The van der Waals surface area contributed by atoms with E-state index in [4.69, 9.17) is 9.84 Å². The summed E-state index contributed by atoms with van der Waals surface area (Å²) in [6.07, 6.45) is -1.69. The maximum absolute atomic E-state index is 11.1. The lowest BCUT2D eigenvalue weighted by Gasteiger charge is -2.37. The lowest BCUT2D eigenvalue weighted by Crippen LogP contribution is -2.71. The van der Waals surface area contributed by atoms with E-state index in [0.29, 0.717) is 13.2 Å². The maximum Gasteiger partial charge on any atom is 0.410 e. The van der Waals surface area contributed by atoms with Crippen LogP contribution in [0, 0.1) is 0 Å². The Labute approximate surface area is 90.5 Å². The summed E-state index contributed by atoms with van der Waals surface area (Å²) in [5.41, 5.74) is 0. The zero-order valence-electron chi connectivity index (χ0n) is 8.30. The molecule has 16 heavy (non-hydrogen) atoms. The van der Waals surface area contributed by atoms with Gasteiger partial charge in [-0.3, -0.25) is 4.79 Å². The smallest absolute Gasteiger partial charge is 0.410 e. The van der Waals surface area contributed by atoms with Gasteiger partial charge in [-0.05, 0) is 0 Å². The Morgan fingerprint density at radius 1 is 1.62 bits per heavy atom. The van der Waals surface area contributed by atoms with Gasteiger partial charge in [-0.1, -0.05) is 0 Å². The van der Waals surface area contributed by atoms with Crippen molar-refractivity contribution in [2.24, 2.45) is 0 Å². The first-order chi connectivity index (χ1) is 7.58. The molecule has 0 saturated carbocycles. The molecule has 0 unspecified atom stereocenters. The molecular formula is C8H11N3O5. The zero-order valence-corrected chi connectivity index (χ0v) is 8.30. The van der Waals surface area contributed by atoms with Gasteiger partial charge >= 0.3 is 12.2 Å². The molecule has 2 aliphatic rings. The van der Waals surface area contributed by atoms with Crippen molar-refractivity contribution in [3.8, 4) is 0 Å². The van der Waals surface area contributed by atoms with Gasteiger partial charge in [0.15, 0.2) is 0 Å². The summed E-state index contributed by atoms with van der Waals surface area (Å²) in [4.78, 5) is 34.0. The molecule has 8 heteroatoms. The van der Waals surface area contributed by atoms with Crippen LogP contribution in [-0.2, 0) is 9.53 Å². The van der Waals surface area contributed by atoms with Crippen LogP contribution in [0.1, 0.15) is 0 Å². The molecule has 2 aliphatic heterocycles. The van der Waals surface area contributed by atoms with Gasteiger partial charge in [0, 0.05) is 6.54 Å². The van der Waals surface area contributed by atoms with Gasteiger partial charge in [0.2, 0.25) is 5.91 Å². The second-order valence-corrected chi connectivity index (χ2v) is 3.60. The Kier molecular flexibility index (Phi) is 2.55. The first kappa shape index (κ1) is 10.5. The molecule has 2 atom stereocenters. The number of carboxylic acid groups (broad SMARTS) is 1. The predicted molar refractivity (Wildman–Crippen MR) is 49.8 cm³/mol. The van der Waals surface area contributed by atoms with Gasteiger partial charge < -0.3 is 25.4 Å². The Balaban J connectivity index is 1.88. The summed E-state index contributed by atoms with van der Waals surface area (Å²) in [7, 11) is 0. The molecule has 3 amide bonds. The lowest BCUT2D eigenvalue weighted by atomic mass is 9.99. The van der Waals surface area contributed by atoms with Gasteiger partial charge in [0.05, 0.1) is 12.6 Å². The normalized spacial score (nSPS) is 28.1. The van der Waals surface area contributed by atoms with E-state index in [2.05, 4.69) is 10.6 Å². The molecule has 8 nitrogen and oxygen atoms in total. The molecule has 0 aliphatic carbocycles. The molecule has 0 spiro atoms. The number of rotatable bonds is 3. The van der Waals surface area contributed by atoms with Crippen molar-refractivity contribution in [2.45, 2.75) is 12.1 Å². The van der Waals surface area contributed by atoms with Gasteiger partial charge in [0.25, 0.3) is 0 Å². The van der Waals surface area contributed by atoms with Gasteiger partial charge in [-0.25, -0.2) is 9.59 Å². The minimum atomic E-state index is -1.26. The Hall–Kier alpha value is -1.99. The third-order valence-corrected chi connectivity index (χ3v) is 2.55. The molecule has 0 aromatic heterocycles. The Bertz CT molecular complexity index is 345. The van der Waals surface area contributed by atoms with Gasteiger partial charge in [-0.2, -0.15) is 0 Å². The number of amides is 3. The van der Waals surface area contributed by atoms with Crippen molar-refractivity contribution in [3.05, 3.63) is 0 Å². The molecule has 2 fully saturated rings. The third-order valence-electron chi connectivity index (χ3n) is 2.55. The number of carbonyl (C=O) groups excluding carboxylic acids is 2. The van der Waals surface area contributed by atoms with E-state index in [-0.39, 0.29) is 18.5 Å². The van der Waals surface area contributed by atoms with E-state index in [1.165, 1.54) is 4.90 Å². The molecular weight excluding hydrogens is 218 g/mol. The quantitative estimate of drug-likeness (QED) is 0.514. The fraction of sp³-hybridized carbons (Fsp3) is 0.625. The van der Waals surface area contributed by atoms with Crippen molar-refractivity contribution < 1.29 is 24.2 Å². The SMILES string of the molecule is O=C(O)N[C@@H]1C(=O)N[C@@H]1CN1CCOC1=O. The van der Waals surface area contributed by atoms with Crippen LogP contribution in [0.4, 0.5) is 9.59 Å². The van der Waals surface area contributed by atoms with Crippen LogP contribution < -0.4 is 10.6 Å². The molecule has 0 aromatic carbocycles. The molecule has 3 N–H and O–H groups in total. The summed E-state index contributed by atoms with van der Waals surface area (Å²) >= 11 is 0. The second kappa shape index (κ2) is 3.87. The fourth-order valence-electron chi connectivity index (χ4n) is 1.72. The number of nitrogens with one attached hydrogen (secondary N) is 2. The number of ether oxygens (including phenoxy) is 1. The van der Waals surface area contributed by atoms with Crippen molar-refractivity contribution in [2.75, 3.05) is 19.7 Å². The van der Waals surface area contributed by atoms with Crippen molar-refractivity contribution in [1.82, 2.24) is 15.5 Å². The zero-order chi connectivity index (χ0) is 11.7. The van der Waals surface area contributed by atoms with Crippen molar-refractivity contribution in [3.63, 3.8) is 0 Å². The van der Waals surface area contributed by atoms with E-state index in [1.54, 1.807) is 0 Å². The summed E-state index contributed by atoms with van der Waals surface area (Å²) in [5.74, 6) is -0.375. The minimum absolute atomic E-state index is 0.259. The minimum Gasteiger partial charge on any atom is -0.465 e. The monoisotopic (exact) mass is 229 g/mol. The Morgan fingerprint density at radius 3 is 2.88 bits per heavy atom. The van der Waals surface area contributed by atoms with Crippen molar-refractivity contribution >= 4 is 18.1 Å². The van der Waals surface area contributed by atoms with E-state index in [0.717, 1.165) is 0 Å². The fourth-order valence-corrected chi connectivity index (χ4v) is 1.72. The standard InChI is InChI=1S/C8H11N3O5/c12-6-5(10-7(13)14)4(9-6)3-11-1-2-16-8(11)15/h4-5,10H,1-3H2,(H,9,12)(H,13,14)/t4-,5+/m1/s1. The number of cyclic esters (lactones) is 1. The van der Waals surface area contributed by atoms with Crippen LogP contribution in [0.2, 0.25) is 0 Å². The van der Waals surface area contributed by atoms with Crippen LogP contribution in [0.5, 0.6) is 0 Å². The number of β-lactam (4-membered cyclic amide) rings is 1. The summed E-state index contributed by atoms with van der Waals surface area (Å²) < 4.78 is 4.72. The first-order valence-corrected chi connectivity index (χ1v) is 4.79. The maximum atomic E-state index is 11.1. The highest BCUT2D eigenvalue weighted by atomic mass is 16.6. The van der Waals surface area contributed by atoms with Gasteiger partial charge in [0.1, 0.15) is 12.6 Å². The van der Waals surface area contributed by atoms with Crippen LogP contribution in [0.3, 0.4) is 0 Å². The van der Waals surface area contributed by atoms with E-state index < -0.39 is 18.2 Å². The molecule has 2 heterocycles. The largest absolute Gasteiger partial charge is 0.465 e. The molecule has 2 saturated heterocycles. The Morgan fingerprint density at radius 2 is 2.38 bits per heavy atom. The van der Waals surface area contributed by atoms with Crippen LogP contribution in [0.15, 0.2) is 0 Å². The van der Waals surface area contributed by atoms with E-state index >= 15 is 0 Å². The summed E-state index contributed by atoms with van der Waals surface area (Å²) in [6, 6.07) is -1.17. The van der Waals surface area contributed by atoms with E-state index in [9.17, 15) is 14.4 Å². The molecule has 0 radical (unpaired) electrons. The average molecular weight is 229 g/mol. The number of hydrogen-bond acceptors (Lipinski definition) is 4. The van der Waals surface area contributed by atoms with Crippen LogP contribution in [0.25, 0.3) is 0 Å². The first-order valence-electron chi connectivity index (χ1n) is 4.79. The third kappa shape index (κ3) is 1.86. The topological polar surface area (TPSA) is 108 Å². The second-order valence-electron chi connectivity index (χ2n) is 3.60. The van der Waals surface area contributed by atoms with Crippen LogP contribution in [-0.4, -0.2) is 59.9 Å². The van der Waals surface area contributed by atoms with Crippen molar-refractivity contribution in [1.29, 1.82) is 0 Å². The van der Waals surface area contributed by atoms with Crippen LogP contribution >= 0.6 is 0 Å². The average Bonchev–Trinajstić information content (AvgIpc) is 2.61. The van der Waals surface area contributed by atoms with Gasteiger partial charge in [-0.15, -0.1) is 0 Å². The highest BCUT2D eigenvalue weighted by Crippen LogP contribution is 2.11. The van der Waals surface area contributed by atoms with E-state index in [1.807, 2.05) is 0 Å². The summed E-state index contributed by atoms with van der Waals surface area (Å²) in [6.45, 7) is 1.05. The molecule has 2 rings (SSSR count). The molecule has 0 bridgehead atoms. The summed E-state index contributed by atoms with van der Waals surface area (Å²) in [5, 5.41) is 13.1. The lowest BCUT2D eigenvalue weighted by molar-refractivity contribution is -0.131. The molecule has 88 valence electrons. The highest BCUT2D eigenvalue weighted by molar-refractivity contribution is 5.92. The number of hydrogen-bond donors (Lipinski definition) is 3. The number of nitrogens with zero attached hydrogens (tertiary/aromatic N) is 1. The predicted octanol–water partition coefficient (Wildman–Crippen LogP) is -1.43. The molecule has 0 aromatic rings.